The number of carboxylic acid groups (broad SMARTS) is 1. The number of carbonyl (C=O) groups is 2. The number of aliphatic carboxylic acids is 1. The van der Waals surface area contributed by atoms with E-state index in [0.29, 0.717) is 0 Å². The summed E-state index contributed by atoms with van der Waals surface area (Å²) in [5.41, 5.74) is 5.30. The Morgan fingerprint density at radius 1 is 1.64 bits per heavy atom. The second-order valence-corrected chi connectivity index (χ2v) is 2.15. The summed E-state index contributed by atoms with van der Waals surface area (Å²) in [7, 11) is 1.46. The lowest BCUT2D eigenvalue weighted by molar-refractivity contribution is -0.137. The molecule has 64 valence electrons. The highest BCUT2D eigenvalue weighted by Gasteiger charge is 2.12. The highest BCUT2D eigenvalue weighted by Crippen LogP contribution is 1.93. The first kappa shape index (κ1) is 9.90. The van der Waals surface area contributed by atoms with Gasteiger partial charge in [0.05, 0.1) is 6.04 Å². The average molecular weight is 160 g/mol. The van der Waals surface area contributed by atoms with E-state index >= 15 is 0 Å². The standard InChI is InChI=1S/C6H12N2O3/c1-8-6(11)4(7)2-3-5(9)10/h4H,2-3,7H2,1H3,(H,8,11)(H,9,10)/t4-/m0/s1. The van der Waals surface area contributed by atoms with E-state index < -0.39 is 12.0 Å². The van der Waals surface area contributed by atoms with Crippen molar-refractivity contribution in [3.63, 3.8) is 0 Å². The van der Waals surface area contributed by atoms with Crippen LogP contribution in [0.1, 0.15) is 12.8 Å². The summed E-state index contributed by atoms with van der Waals surface area (Å²) < 4.78 is 0. The van der Waals surface area contributed by atoms with E-state index in [-0.39, 0.29) is 18.7 Å². The predicted octanol–water partition coefficient (Wildman–Crippen LogP) is -1.08. The van der Waals surface area contributed by atoms with E-state index in [0.717, 1.165) is 0 Å². The summed E-state index contributed by atoms with van der Waals surface area (Å²) in [6.45, 7) is 0. The first-order valence-corrected chi connectivity index (χ1v) is 3.27. The fourth-order valence-corrected chi connectivity index (χ4v) is 0.595. The quantitative estimate of drug-likeness (QED) is 0.488. The van der Waals surface area contributed by atoms with Crippen molar-refractivity contribution in [1.29, 1.82) is 0 Å². The van der Waals surface area contributed by atoms with Gasteiger partial charge in [-0.15, -0.1) is 0 Å². The molecular formula is C6H12N2O3. The third-order valence-electron chi connectivity index (χ3n) is 1.25. The van der Waals surface area contributed by atoms with E-state index in [1.165, 1.54) is 7.05 Å². The van der Waals surface area contributed by atoms with E-state index in [9.17, 15) is 9.59 Å². The van der Waals surface area contributed by atoms with Gasteiger partial charge in [0, 0.05) is 13.5 Å². The van der Waals surface area contributed by atoms with Gasteiger partial charge in [-0.25, -0.2) is 0 Å². The number of hydrogen-bond donors (Lipinski definition) is 3. The zero-order valence-corrected chi connectivity index (χ0v) is 6.33. The van der Waals surface area contributed by atoms with Gasteiger partial charge >= 0.3 is 5.97 Å². The highest BCUT2D eigenvalue weighted by molar-refractivity contribution is 5.81. The van der Waals surface area contributed by atoms with E-state index in [2.05, 4.69) is 5.32 Å². The number of rotatable bonds is 4. The van der Waals surface area contributed by atoms with Crippen LogP contribution < -0.4 is 11.1 Å². The SMILES string of the molecule is CNC(=O)[C@@H](N)CCC(=O)O. The van der Waals surface area contributed by atoms with Gasteiger partial charge in [-0.05, 0) is 6.42 Å². The Kier molecular flexibility index (Phi) is 4.21. The first-order valence-electron chi connectivity index (χ1n) is 3.27. The van der Waals surface area contributed by atoms with Gasteiger partial charge in [0.25, 0.3) is 0 Å². The minimum atomic E-state index is -0.940. The molecule has 0 aromatic heterocycles. The molecule has 0 aliphatic rings. The Morgan fingerprint density at radius 3 is 2.55 bits per heavy atom. The van der Waals surface area contributed by atoms with Crippen LogP contribution in [0.15, 0.2) is 0 Å². The van der Waals surface area contributed by atoms with Crippen LogP contribution in [0.3, 0.4) is 0 Å². The fourth-order valence-electron chi connectivity index (χ4n) is 0.595. The topological polar surface area (TPSA) is 92.4 Å². The molecule has 0 unspecified atom stereocenters. The van der Waals surface area contributed by atoms with Crippen LogP contribution in [0.25, 0.3) is 0 Å². The molecule has 0 fully saturated rings. The summed E-state index contributed by atoms with van der Waals surface area (Å²) in [6.07, 6.45) is 0.101. The van der Waals surface area contributed by atoms with E-state index in [1.807, 2.05) is 0 Å². The Bertz CT molecular complexity index is 158. The number of nitrogens with one attached hydrogen (secondary N) is 1. The third kappa shape index (κ3) is 4.32. The van der Waals surface area contributed by atoms with Gasteiger partial charge in [-0.1, -0.05) is 0 Å². The Morgan fingerprint density at radius 2 is 2.18 bits per heavy atom. The van der Waals surface area contributed by atoms with Crippen molar-refractivity contribution in [3.05, 3.63) is 0 Å². The molecule has 4 N–H and O–H groups in total. The van der Waals surface area contributed by atoms with Crippen molar-refractivity contribution >= 4 is 11.9 Å². The molecule has 0 aliphatic carbocycles. The van der Waals surface area contributed by atoms with Gasteiger partial charge < -0.3 is 16.2 Å². The van der Waals surface area contributed by atoms with Gasteiger partial charge in [-0.2, -0.15) is 0 Å². The van der Waals surface area contributed by atoms with Gasteiger partial charge in [0.2, 0.25) is 5.91 Å². The van der Waals surface area contributed by atoms with Crippen molar-refractivity contribution in [1.82, 2.24) is 5.32 Å². The summed E-state index contributed by atoms with van der Waals surface area (Å²) in [5.74, 6) is -1.27. The zero-order chi connectivity index (χ0) is 8.85. The summed E-state index contributed by atoms with van der Waals surface area (Å²) in [5, 5.41) is 10.6. The Labute approximate surface area is 64.6 Å². The third-order valence-corrected chi connectivity index (χ3v) is 1.25. The number of amides is 1. The molecule has 0 aliphatic heterocycles. The molecule has 0 saturated carbocycles. The summed E-state index contributed by atoms with van der Waals surface area (Å²) in [6, 6.07) is -0.712. The first-order chi connectivity index (χ1) is 5.07. The van der Waals surface area contributed by atoms with Crippen LogP contribution in [0.5, 0.6) is 0 Å². The van der Waals surface area contributed by atoms with Crippen LogP contribution in [-0.4, -0.2) is 30.1 Å². The molecular weight excluding hydrogens is 148 g/mol. The molecule has 0 spiro atoms. The van der Waals surface area contributed by atoms with E-state index in [1.54, 1.807) is 0 Å². The second kappa shape index (κ2) is 4.68. The molecule has 0 radical (unpaired) electrons. The maximum absolute atomic E-state index is 10.7. The predicted molar refractivity (Wildman–Crippen MR) is 38.9 cm³/mol. The molecule has 5 nitrogen and oxygen atoms in total. The second-order valence-electron chi connectivity index (χ2n) is 2.15. The smallest absolute Gasteiger partial charge is 0.303 e. The number of likely N-dealkylation sites (N-methyl/N-ethyl adjacent to an activating group) is 1. The molecule has 0 aromatic rings. The van der Waals surface area contributed by atoms with Gasteiger partial charge in [0.15, 0.2) is 0 Å². The zero-order valence-electron chi connectivity index (χ0n) is 6.33. The van der Waals surface area contributed by atoms with Crippen molar-refractivity contribution in [3.8, 4) is 0 Å². The largest absolute Gasteiger partial charge is 0.481 e. The minimum absolute atomic E-state index is 0.0748. The molecule has 0 rings (SSSR count). The Hall–Kier alpha value is -1.10. The molecule has 0 saturated heterocycles. The number of hydrogen-bond acceptors (Lipinski definition) is 3. The Balaban J connectivity index is 3.60. The molecule has 1 amide bonds. The lowest BCUT2D eigenvalue weighted by Gasteiger charge is -2.06. The van der Waals surface area contributed by atoms with Crippen LogP contribution in [-0.2, 0) is 9.59 Å². The maximum Gasteiger partial charge on any atom is 0.303 e. The lowest BCUT2D eigenvalue weighted by Crippen LogP contribution is -2.38. The van der Waals surface area contributed by atoms with Crippen molar-refractivity contribution in [2.24, 2.45) is 5.73 Å². The summed E-state index contributed by atoms with van der Waals surface area (Å²) in [4.78, 5) is 20.7. The normalized spacial score (nSPS) is 12.2. The van der Waals surface area contributed by atoms with Crippen molar-refractivity contribution in [2.75, 3.05) is 7.05 Å². The molecule has 0 heterocycles. The van der Waals surface area contributed by atoms with E-state index in [4.69, 9.17) is 10.8 Å². The molecule has 0 aromatic carbocycles. The maximum atomic E-state index is 10.7. The van der Waals surface area contributed by atoms with Crippen LogP contribution in [0.2, 0.25) is 0 Å². The van der Waals surface area contributed by atoms with Gasteiger partial charge in [0.1, 0.15) is 0 Å². The number of nitrogens with two attached hydrogens (primary N) is 1. The molecule has 1 atom stereocenters. The molecule has 11 heavy (non-hydrogen) atoms. The lowest BCUT2D eigenvalue weighted by atomic mass is 10.1. The fraction of sp³-hybridized carbons (Fsp3) is 0.667. The average Bonchev–Trinajstić information content (AvgIpc) is 1.98. The number of carbonyl (C=O) groups excluding carboxylic acids is 1. The highest BCUT2D eigenvalue weighted by atomic mass is 16.4. The van der Waals surface area contributed by atoms with Crippen LogP contribution in [0.4, 0.5) is 0 Å². The number of carboxylic acids is 1. The monoisotopic (exact) mass is 160 g/mol. The van der Waals surface area contributed by atoms with Crippen LogP contribution in [0, 0.1) is 0 Å². The van der Waals surface area contributed by atoms with Crippen molar-refractivity contribution in [2.45, 2.75) is 18.9 Å². The molecule has 0 bridgehead atoms. The van der Waals surface area contributed by atoms with Crippen molar-refractivity contribution < 1.29 is 14.7 Å². The van der Waals surface area contributed by atoms with Crippen LogP contribution >= 0.6 is 0 Å². The van der Waals surface area contributed by atoms with Gasteiger partial charge in [-0.3, -0.25) is 9.59 Å². The molecule has 5 heteroatoms. The minimum Gasteiger partial charge on any atom is -0.481 e. The summed E-state index contributed by atoms with van der Waals surface area (Å²) >= 11 is 0.